The van der Waals surface area contributed by atoms with Crippen molar-refractivity contribution in [3.8, 4) is 0 Å². The highest BCUT2D eigenvalue weighted by atomic mass is 16.5. The Balaban J connectivity index is 1.43. The zero-order chi connectivity index (χ0) is 20.8. The van der Waals surface area contributed by atoms with E-state index in [1.54, 1.807) is 0 Å². The first kappa shape index (κ1) is 20.8. The molecule has 1 amide bonds. The first-order chi connectivity index (χ1) is 14.7. The van der Waals surface area contributed by atoms with Crippen molar-refractivity contribution in [2.24, 2.45) is 0 Å². The maximum Gasteiger partial charge on any atom is 0.272 e. The van der Waals surface area contributed by atoms with Gasteiger partial charge >= 0.3 is 0 Å². The second-order valence-corrected chi connectivity index (χ2v) is 7.89. The molecule has 7 nitrogen and oxygen atoms in total. The second-order valence-electron chi connectivity index (χ2n) is 7.89. The molecule has 0 radical (unpaired) electrons. The number of benzene rings is 1. The Hall–Kier alpha value is -2.48. The predicted octanol–water partition coefficient (Wildman–Crippen LogP) is 1.69. The second kappa shape index (κ2) is 10.0. The van der Waals surface area contributed by atoms with Crippen LogP contribution in [0.15, 0.2) is 43.0 Å². The smallest absolute Gasteiger partial charge is 0.272 e. The van der Waals surface area contributed by atoms with Gasteiger partial charge in [0, 0.05) is 63.5 Å². The molecule has 4 rings (SSSR count). The number of nitrogens with zero attached hydrogens (tertiary/aromatic N) is 4. The zero-order valence-electron chi connectivity index (χ0n) is 17.6. The maximum absolute atomic E-state index is 13.0. The van der Waals surface area contributed by atoms with Gasteiger partial charge in [-0.1, -0.05) is 36.4 Å². The number of rotatable bonds is 8. The number of hydrogen-bond acceptors (Lipinski definition) is 5. The Morgan fingerprint density at radius 2 is 1.90 bits per heavy atom. The van der Waals surface area contributed by atoms with Crippen molar-refractivity contribution >= 4 is 5.91 Å². The van der Waals surface area contributed by atoms with E-state index in [0.717, 1.165) is 70.0 Å². The molecule has 3 heterocycles. The third-order valence-electron chi connectivity index (χ3n) is 5.86. The Morgan fingerprint density at radius 3 is 2.67 bits per heavy atom. The van der Waals surface area contributed by atoms with Gasteiger partial charge in [-0.3, -0.25) is 19.3 Å². The summed E-state index contributed by atoms with van der Waals surface area (Å²) in [6, 6.07) is 9.96. The van der Waals surface area contributed by atoms with E-state index < -0.39 is 0 Å². The summed E-state index contributed by atoms with van der Waals surface area (Å²) in [5.41, 5.74) is 3.87. The minimum Gasteiger partial charge on any atom is -0.379 e. The summed E-state index contributed by atoms with van der Waals surface area (Å²) in [5, 5.41) is 7.70. The Morgan fingerprint density at radius 1 is 1.13 bits per heavy atom. The lowest BCUT2D eigenvalue weighted by Crippen LogP contribution is -2.42. The molecule has 0 aliphatic carbocycles. The van der Waals surface area contributed by atoms with Crippen LogP contribution in [-0.2, 0) is 30.8 Å². The molecular formula is C23H31N5O2. The third-order valence-corrected chi connectivity index (χ3v) is 5.86. The van der Waals surface area contributed by atoms with Gasteiger partial charge in [0.15, 0.2) is 5.69 Å². The lowest BCUT2D eigenvalue weighted by atomic mass is 10.0. The van der Waals surface area contributed by atoms with Crippen LogP contribution >= 0.6 is 0 Å². The summed E-state index contributed by atoms with van der Waals surface area (Å²) in [6.45, 7) is 12.4. The van der Waals surface area contributed by atoms with Crippen LogP contribution in [0.3, 0.4) is 0 Å². The summed E-state index contributed by atoms with van der Waals surface area (Å²) in [4.78, 5) is 17.9. The van der Waals surface area contributed by atoms with E-state index in [9.17, 15) is 4.79 Å². The Labute approximate surface area is 178 Å². The molecule has 1 fully saturated rings. The van der Waals surface area contributed by atoms with Crippen LogP contribution in [0, 0.1) is 0 Å². The Kier molecular flexibility index (Phi) is 6.94. The van der Waals surface area contributed by atoms with Crippen molar-refractivity contribution in [3.63, 3.8) is 0 Å². The molecule has 1 saturated heterocycles. The van der Waals surface area contributed by atoms with Gasteiger partial charge in [-0.2, -0.15) is 5.10 Å². The number of carbonyl (C=O) groups excluding carboxylic acids is 1. The fourth-order valence-corrected chi connectivity index (χ4v) is 4.16. The molecule has 7 heteroatoms. The van der Waals surface area contributed by atoms with E-state index in [4.69, 9.17) is 4.74 Å². The van der Waals surface area contributed by atoms with Gasteiger partial charge in [0.1, 0.15) is 0 Å². The van der Waals surface area contributed by atoms with Gasteiger partial charge in [0.05, 0.1) is 19.8 Å². The molecule has 0 atom stereocenters. The van der Waals surface area contributed by atoms with Crippen LogP contribution in [0.1, 0.15) is 27.3 Å². The minimum atomic E-state index is -0.104. The summed E-state index contributed by atoms with van der Waals surface area (Å²) in [5.74, 6) is -0.104. The number of carbonyl (C=O) groups is 1. The molecule has 1 aromatic heterocycles. The van der Waals surface area contributed by atoms with Crippen LogP contribution in [0.25, 0.3) is 0 Å². The normalized spacial score (nSPS) is 17.5. The molecule has 2 aliphatic heterocycles. The van der Waals surface area contributed by atoms with E-state index in [2.05, 4.69) is 26.8 Å². The summed E-state index contributed by atoms with van der Waals surface area (Å²) in [7, 11) is 0. The fraction of sp³-hybridized carbons (Fsp3) is 0.478. The van der Waals surface area contributed by atoms with E-state index in [-0.39, 0.29) is 5.91 Å². The lowest BCUT2D eigenvalue weighted by molar-refractivity contribution is 0.0326. The van der Waals surface area contributed by atoms with E-state index in [1.807, 2.05) is 41.1 Å². The van der Waals surface area contributed by atoms with Crippen molar-refractivity contribution in [3.05, 3.63) is 65.5 Å². The highest BCUT2D eigenvalue weighted by molar-refractivity contribution is 5.94. The average molecular weight is 410 g/mol. The first-order valence-corrected chi connectivity index (χ1v) is 10.8. The Bertz CT molecular complexity index is 858. The number of amides is 1. The fourth-order valence-electron chi connectivity index (χ4n) is 4.16. The molecule has 2 aromatic rings. The van der Waals surface area contributed by atoms with Gasteiger partial charge in [0.25, 0.3) is 5.91 Å². The highest BCUT2D eigenvalue weighted by Crippen LogP contribution is 2.23. The molecule has 0 spiro atoms. The number of ether oxygens (including phenoxy) is 1. The summed E-state index contributed by atoms with van der Waals surface area (Å²) < 4.78 is 7.39. The quantitative estimate of drug-likeness (QED) is 0.673. The van der Waals surface area contributed by atoms with Crippen molar-refractivity contribution in [1.82, 2.24) is 24.9 Å². The highest BCUT2D eigenvalue weighted by Gasteiger charge is 2.28. The van der Waals surface area contributed by atoms with Crippen LogP contribution in [0.2, 0.25) is 0 Å². The standard InChI is InChI=1S/C23H31N5O2/c1-2-9-28-21-8-10-27(12-11-26-13-15-30-16-14-26)18-20(21)22(25-28)23(29)24-17-19-6-4-3-5-7-19/h2-7H,1,8-18H2,(H,24,29). The average Bonchev–Trinajstić information content (AvgIpc) is 3.15. The SMILES string of the molecule is C=CCn1nc(C(=O)NCc2ccccc2)c2c1CCN(CCN1CCOCC1)C2. The monoisotopic (exact) mass is 409 g/mol. The van der Waals surface area contributed by atoms with Crippen molar-refractivity contribution < 1.29 is 9.53 Å². The minimum absolute atomic E-state index is 0.104. The van der Waals surface area contributed by atoms with Gasteiger partial charge in [-0.15, -0.1) is 6.58 Å². The molecule has 0 saturated carbocycles. The molecule has 160 valence electrons. The molecule has 0 bridgehead atoms. The summed E-state index contributed by atoms with van der Waals surface area (Å²) in [6.07, 6.45) is 2.75. The predicted molar refractivity (Wildman–Crippen MR) is 116 cm³/mol. The van der Waals surface area contributed by atoms with Crippen LogP contribution in [-0.4, -0.2) is 71.4 Å². The van der Waals surface area contributed by atoms with Gasteiger partial charge < -0.3 is 10.1 Å². The molecule has 30 heavy (non-hydrogen) atoms. The maximum atomic E-state index is 13.0. The van der Waals surface area contributed by atoms with Crippen molar-refractivity contribution in [2.45, 2.75) is 26.1 Å². The van der Waals surface area contributed by atoms with E-state index in [1.165, 1.54) is 5.69 Å². The molecule has 2 aliphatic rings. The van der Waals surface area contributed by atoms with Crippen LogP contribution in [0.5, 0.6) is 0 Å². The van der Waals surface area contributed by atoms with Crippen molar-refractivity contribution in [1.29, 1.82) is 0 Å². The van der Waals surface area contributed by atoms with Crippen LogP contribution < -0.4 is 5.32 Å². The molecule has 1 N–H and O–H groups in total. The first-order valence-electron chi connectivity index (χ1n) is 10.8. The lowest BCUT2D eigenvalue weighted by Gasteiger charge is -2.32. The number of fused-ring (bicyclic) bond motifs is 1. The molecule has 0 unspecified atom stereocenters. The zero-order valence-corrected chi connectivity index (χ0v) is 17.6. The number of hydrogen-bond donors (Lipinski definition) is 1. The third kappa shape index (κ3) is 4.98. The van der Waals surface area contributed by atoms with E-state index >= 15 is 0 Å². The van der Waals surface area contributed by atoms with Crippen LogP contribution in [0.4, 0.5) is 0 Å². The summed E-state index contributed by atoms with van der Waals surface area (Å²) >= 11 is 0. The van der Waals surface area contributed by atoms with Gasteiger partial charge in [-0.25, -0.2) is 0 Å². The molecular weight excluding hydrogens is 378 g/mol. The van der Waals surface area contributed by atoms with Gasteiger partial charge in [-0.05, 0) is 5.56 Å². The number of aromatic nitrogens is 2. The largest absolute Gasteiger partial charge is 0.379 e. The van der Waals surface area contributed by atoms with Gasteiger partial charge in [0.2, 0.25) is 0 Å². The molecule has 1 aromatic carbocycles. The topological polar surface area (TPSA) is 62.6 Å². The number of morpholine rings is 1. The van der Waals surface area contributed by atoms with E-state index in [0.29, 0.717) is 18.8 Å². The van der Waals surface area contributed by atoms with Crippen molar-refractivity contribution in [2.75, 3.05) is 45.9 Å². The number of allylic oxidation sites excluding steroid dienone is 1. The number of nitrogens with one attached hydrogen (secondary N) is 1.